The van der Waals surface area contributed by atoms with Gasteiger partial charge in [0.2, 0.25) is 0 Å². The highest BCUT2D eigenvalue weighted by molar-refractivity contribution is 7.47. The number of aliphatic hydroxyl groups excluding tert-OH is 1. The van der Waals surface area contributed by atoms with Gasteiger partial charge in [-0.05, 0) is 57.3 Å². The van der Waals surface area contributed by atoms with Gasteiger partial charge in [0.05, 0.1) is 26.4 Å². The van der Waals surface area contributed by atoms with E-state index in [-0.39, 0.29) is 25.7 Å². The molecule has 92 heavy (non-hydrogen) atoms. The van der Waals surface area contributed by atoms with Crippen molar-refractivity contribution in [3.63, 3.8) is 0 Å². The van der Waals surface area contributed by atoms with Crippen LogP contribution in [0.1, 0.15) is 356 Å². The summed E-state index contributed by atoms with van der Waals surface area (Å²) in [4.78, 5) is 72.5. The molecule has 0 aliphatic carbocycles. The summed E-state index contributed by atoms with van der Waals surface area (Å²) in [5.41, 5.74) is 0. The van der Waals surface area contributed by atoms with Crippen LogP contribution in [0.3, 0.4) is 0 Å². The Morgan fingerprint density at radius 3 is 0.891 bits per heavy atom. The second kappa shape index (κ2) is 65.8. The van der Waals surface area contributed by atoms with Crippen molar-refractivity contribution in [1.29, 1.82) is 0 Å². The number of unbranched alkanes of at least 4 members (excludes halogenated alkanes) is 40. The highest BCUT2D eigenvalue weighted by Gasteiger charge is 2.30. The van der Waals surface area contributed by atoms with Crippen molar-refractivity contribution in [1.82, 2.24) is 0 Å². The van der Waals surface area contributed by atoms with E-state index >= 15 is 0 Å². The van der Waals surface area contributed by atoms with Crippen LogP contribution in [0.15, 0.2) is 24.3 Å². The van der Waals surface area contributed by atoms with Crippen molar-refractivity contribution in [3.8, 4) is 0 Å². The molecule has 542 valence electrons. The fourth-order valence-electron chi connectivity index (χ4n) is 10.6. The summed E-state index contributed by atoms with van der Waals surface area (Å²) in [6, 6.07) is 0. The summed E-state index contributed by atoms with van der Waals surface area (Å²) in [6.07, 6.45) is 56.3. The molecule has 0 radical (unpaired) electrons. The second-order valence-electron chi connectivity index (χ2n) is 26.1. The standard InChI is InChI=1S/C73H138O17P2/c1-6-9-12-15-18-20-22-24-26-30-33-37-42-47-52-57-71(76)84-63-69(90-73(78)59-54-49-44-39-35-31-27-28-32-36-41-45-50-55-66(4)5)65-88-92(81,82)86-61-67(74)60-85-91(79,80)87-64-68(62-83-70(75)56-51-46-40-17-14-11-8-3)89-72(77)58-53-48-43-38-34-29-25-23-21-19-16-13-10-7-2/h20,22,24,26,66-69,74H,6-19,21,23,25,27-65H2,1-5H3,(H,79,80)(H,81,82)/b22-20-,26-24-/t67-,68+,69+/m0/s1. The maximum absolute atomic E-state index is 13.0. The molecule has 2 unspecified atom stereocenters. The summed E-state index contributed by atoms with van der Waals surface area (Å²) in [7, 11) is -9.91. The quantitative estimate of drug-likeness (QED) is 0.0169. The second-order valence-corrected chi connectivity index (χ2v) is 29.0. The van der Waals surface area contributed by atoms with Crippen LogP contribution in [0.5, 0.6) is 0 Å². The van der Waals surface area contributed by atoms with E-state index in [1.165, 1.54) is 148 Å². The Morgan fingerprint density at radius 2 is 0.587 bits per heavy atom. The predicted molar refractivity (Wildman–Crippen MR) is 372 cm³/mol. The Kier molecular flexibility index (Phi) is 64.0. The zero-order valence-electron chi connectivity index (χ0n) is 59.2. The molecule has 0 fully saturated rings. The van der Waals surface area contributed by atoms with Gasteiger partial charge in [-0.2, -0.15) is 0 Å². The van der Waals surface area contributed by atoms with Gasteiger partial charge in [-0.15, -0.1) is 0 Å². The molecule has 5 atom stereocenters. The van der Waals surface area contributed by atoms with Gasteiger partial charge in [0, 0.05) is 25.7 Å². The predicted octanol–water partition coefficient (Wildman–Crippen LogP) is 20.9. The zero-order chi connectivity index (χ0) is 67.7. The fraction of sp³-hybridized carbons (Fsp3) is 0.890. The number of ether oxygens (including phenoxy) is 4. The molecule has 0 amide bonds. The number of aliphatic hydroxyl groups is 1. The van der Waals surface area contributed by atoms with Crippen LogP contribution in [0.4, 0.5) is 0 Å². The molecule has 0 spiro atoms. The van der Waals surface area contributed by atoms with Crippen LogP contribution < -0.4 is 0 Å². The summed E-state index contributed by atoms with van der Waals surface area (Å²) >= 11 is 0. The number of carbonyl (C=O) groups excluding carboxylic acids is 4. The minimum atomic E-state index is -4.96. The third kappa shape index (κ3) is 66.2. The van der Waals surface area contributed by atoms with Crippen molar-refractivity contribution in [2.24, 2.45) is 5.92 Å². The molecule has 0 aromatic rings. The molecule has 19 heteroatoms. The van der Waals surface area contributed by atoms with Crippen LogP contribution in [-0.2, 0) is 65.4 Å². The van der Waals surface area contributed by atoms with Crippen LogP contribution in [0.25, 0.3) is 0 Å². The third-order valence-corrected chi connectivity index (χ3v) is 18.3. The minimum Gasteiger partial charge on any atom is -0.462 e. The van der Waals surface area contributed by atoms with E-state index in [1.54, 1.807) is 0 Å². The molecule has 0 bridgehead atoms. The molecule has 0 rings (SSSR count). The lowest BCUT2D eigenvalue weighted by Gasteiger charge is -2.21. The van der Waals surface area contributed by atoms with E-state index in [0.717, 1.165) is 128 Å². The van der Waals surface area contributed by atoms with E-state index in [1.807, 2.05) is 0 Å². The molecule has 0 saturated heterocycles. The van der Waals surface area contributed by atoms with Crippen LogP contribution in [-0.4, -0.2) is 96.7 Å². The topological polar surface area (TPSA) is 237 Å². The number of esters is 4. The number of rotatable bonds is 71. The Balaban J connectivity index is 5.24. The van der Waals surface area contributed by atoms with E-state index in [2.05, 4.69) is 58.9 Å². The van der Waals surface area contributed by atoms with Gasteiger partial charge in [-0.1, -0.05) is 303 Å². The number of carbonyl (C=O) groups is 4. The first-order valence-corrected chi connectivity index (χ1v) is 40.4. The van der Waals surface area contributed by atoms with Crippen molar-refractivity contribution >= 4 is 39.5 Å². The first-order chi connectivity index (χ1) is 44.5. The fourth-order valence-corrected chi connectivity index (χ4v) is 12.2. The number of phosphoric ester groups is 2. The first kappa shape index (κ1) is 89.5. The average molecular weight is 1350 g/mol. The molecule has 0 heterocycles. The lowest BCUT2D eigenvalue weighted by Crippen LogP contribution is -2.30. The van der Waals surface area contributed by atoms with E-state index in [0.29, 0.717) is 25.7 Å². The first-order valence-electron chi connectivity index (χ1n) is 37.5. The lowest BCUT2D eigenvalue weighted by atomic mass is 10.0. The van der Waals surface area contributed by atoms with Gasteiger partial charge in [0.15, 0.2) is 12.2 Å². The number of hydrogen-bond donors (Lipinski definition) is 3. The Bertz CT molecular complexity index is 1860. The van der Waals surface area contributed by atoms with Gasteiger partial charge in [-0.25, -0.2) is 9.13 Å². The number of phosphoric acid groups is 2. The summed E-state index contributed by atoms with van der Waals surface area (Å²) in [5.74, 6) is -1.37. The lowest BCUT2D eigenvalue weighted by molar-refractivity contribution is -0.161. The summed E-state index contributed by atoms with van der Waals surface area (Å²) < 4.78 is 68.3. The van der Waals surface area contributed by atoms with Gasteiger partial charge in [0.1, 0.15) is 19.3 Å². The van der Waals surface area contributed by atoms with E-state index in [9.17, 15) is 43.2 Å². The molecular weight excluding hydrogens is 1210 g/mol. The van der Waals surface area contributed by atoms with Crippen LogP contribution in [0.2, 0.25) is 0 Å². The highest BCUT2D eigenvalue weighted by Crippen LogP contribution is 2.45. The summed E-state index contributed by atoms with van der Waals surface area (Å²) in [5, 5.41) is 10.6. The SMILES string of the molecule is CCCCCC/C=C\C=C/CCCCCCCC(=O)OC[C@H](COP(=O)(O)OC[C@@H](O)COP(=O)(O)OC[C@@H](COC(=O)CCCCCCCCC)OC(=O)CCCCCCCCCCCCCCCC)OC(=O)CCCCCCCCCCCCCCCC(C)C. The Hall–Kier alpha value is -2.46. The van der Waals surface area contributed by atoms with Gasteiger partial charge in [-0.3, -0.25) is 37.3 Å². The Morgan fingerprint density at radius 1 is 0.337 bits per heavy atom. The molecule has 0 aromatic heterocycles. The van der Waals surface area contributed by atoms with Crippen molar-refractivity contribution in [2.75, 3.05) is 39.6 Å². The van der Waals surface area contributed by atoms with Gasteiger partial charge in [0.25, 0.3) is 0 Å². The third-order valence-electron chi connectivity index (χ3n) is 16.4. The van der Waals surface area contributed by atoms with E-state index < -0.39 is 97.5 Å². The normalized spacial score (nSPS) is 14.2. The van der Waals surface area contributed by atoms with Crippen molar-refractivity contribution < 1.29 is 80.2 Å². The van der Waals surface area contributed by atoms with Crippen LogP contribution in [0, 0.1) is 5.92 Å². The minimum absolute atomic E-state index is 0.101. The average Bonchev–Trinajstić information content (AvgIpc) is 3.26. The molecule has 0 aliphatic rings. The highest BCUT2D eigenvalue weighted by atomic mass is 31.2. The Labute approximate surface area is 561 Å². The van der Waals surface area contributed by atoms with Crippen LogP contribution >= 0.6 is 15.6 Å². The monoisotopic (exact) mass is 1350 g/mol. The molecule has 3 N–H and O–H groups in total. The molecule has 0 aliphatic heterocycles. The molecule has 17 nitrogen and oxygen atoms in total. The molecular formula is C73H138O17P2. The number of hydrogen-bond acceptors (Lipinski definition) is 15. The number of allylic oxidation sites excluding steroid dienone is 4. The van der Waals surface area contributed by atoms with Gasteiger partial charge >= 0.3 is 39.5 Å². The van der Waals surface area contributed by atoms with E-state index in [4.69, 9.17) is 37.0 Å². The molecule has 0 aromatic carbocycles. The smallest absolute Gasteiger partial charge is 0.462 e. The molecule has 0 saturated carbocycles. The van der Waals surface area contributed by atoms with Gasteiger partial charge < -0.3 is 33.8 Å². The van der Waals surface area contributed by atoms with Crippen molar-refractivity contribution in [3.05, 3.63) is 24.3 Å². The largest absolute Gasteiger partial charge is 0.472 e. The zero-order valence-corrected chi connectivity index (χ0v) is 61.0. The summed E-state index contributed by atoms with van der Waals surface area (Å²) in [6.45, 7) is 7.18. The maximum Gasteiger partial charge on any atom is 0.472 e. The maximum atomic E-state index is 13.0. The van der Waals surface area contributed by atoms with Crippen molar-refractivity contribution in [2.45, 2.75) is 374 Å².